The van der Waals surface area contributed by atoms with Gasteiger partial charge in [0.05, 0.1) is 40.5 Å². The lowest BCUT2D eigenvalue weighted by atomic mass is 10.0. The molecule has 1 amide bonds. The van der Waals surface area contributed by atoms with Gasteiger partial charge in [-0.05, 0) is 61.2 Å². The summed E-state index contributed by atoms with van der Waals surface area (Å²) in [6.07, 6.45) is 9.57. The predicted octanol–water partition coefficient (Wildman–Crippen LogP) is 3.85. The molecule has 38 heavy (non-hydrogen) atoms. The van der Waals surface area contributed by atoms with Gasteiger partial charge in [0, 0.05) is 37.1 Å². The Morgan fingerprint density at radius 3 is 2.55 bits per heavy atom. The highest BCUT2D eigenvalue weighted by Crippen LogP contribution is 2.26. The fourth-order valence-corrected chi connectivity index (χ4v) is 5.97. The van der Waals surface area contributed by atoms with Crippen molar-refractivity contribution < 1.29 is 17.6 Å². The Labute approximate surface area is 220 Å². The number of rotatable bonds is 7. The predicted molar refractivity (Wildman–Crippen MR) is 144 cm³/mol. The smallest absolute Gasteiger partial charge is 0.254 e. The topological polar surface area (TPSA) is 110 Å². The lowest BCUT2D eigenvalue weighted by molar-refractivity contribution is 0.0937. The second-order valence-corrected chi connectivity index (χ2v) is 11.9. The molecule has 1 atom stereocenters. The molecule has 9 nitrogen and oxygen atoms in total. The molecular weight excluding hydrogens is 507 g/mol. The van der Waals surface area contributed by atoms with Crippen LogP contribution in [0.5, 0.6) is 0 Å². The Bertz CT molecular complexity index is 1560. The van der Waals surface area contributed by atoms with E-state index in [0.29, 0.717) is 54.5 Å². The van der Waals surface area contributed by atoms with E-state index >= 15 is 0 Å². The highest BCUT2D eigenvalue weighted by molar-refractivity contribution is 7.91. The minimum Gasteiger partial charge on any atom is -0.357 e. The molecule has 198 valence electrons. The zero-order valence-corrected chi connectivity index (χ0v) is 22.0. The summed E-state index contributed by atoms with van der Waals surface area (Å²) in [5.41, 5.74) is 2.61. The molecule has 1 aromatic carbocycles. The number of carbonyl (C=O) groups is 1. The Balaban J connectivity index is 1.35. The molecule has 0 saturated carbocycles. The van der Waals surface area contributed by atoms with Crippen molar-refractivity contribution in [2.75, 3.05) is 24.2 Å². The SMILES string of the molecule is CC[C@H](NC(=O)c1cncc2c1cnn2-c1ccc(F)cc1)c1ccnc(N2CCC(S(C)(=O)=O)CC2)c1. The largest absolute Gasteiger partial charge is 0.357 e. The standard InChI is InChI=1S/C27H29FN6O3S/c1-3-24(18-8-11-30-26(14-18)33-12-9-21(10-13-33)38(2,36)37)32-27(35)23-15-29-17-25-22(23)16-31-34(25)20-6-4-19(28)5-7-20/h4-8,11,14-17,21,24H,3,9-10,12-13H2,1-2H3,(H,32,35)/t24-/m0/s1. The van der Waals surface area contributed by atoms with Crippen LogP contribution >= 0.6 is 0 Å². The Kier molecular flexibility index (Phi) is 7.11. The fourth-order valence-electron chi connectivity index (χ4n) is 4.90. The first-order chi connectivity index (χ1) is 18.2. The van der Waals surface area contributed by atoms with Crippen molar-refractivity contribution in [3.63, 3.8) is 0 Å². The van der Waals surface area contributed by atoms with Gasteiger partial charge in [-0.2, -0.15) is 5.10 Å². The zero-order valence-electron chi connectivity index (χ0n) is 21.2. The van der Waals surface area contributed by atoms with Crippen LogP contribution in [0.1, 0.15) is 48.1 Å². The summed E-state index contributed by atoms with van der Waals surface area (Å²) in [5, 5.41) is 7.84. The summed E-state index contributed by atoms with van der Waals surface area (Å²) in [5.74, 6) is 0.152. The van der Waals surface area contributed by atoms with Gasteiger partial charge in [-0.1, -0.05) is 6.92 Å². The number of hydrogen-bond acceptors (Lipinski definition) is 7. The maximum absolute atomic E-state index is 13.4. The molecule has 0 aliphatic carbocycles. The first-order valence-electron chi connectivity index (χ1n) is 12.5. The molecule has 1 saturated heterocycles. The number of carbonyl (C=O) groups excluding carboxylic acids is 1. The van der Waals surface area contributed by atoms with Gasteiger partial charge in [0.25, 0.3) is 5.91 Å². The van der Waals surface area contributed by atoms with Crippen molar-refractivity contribution in [3.8, 4) is 5.69 Å². The number of nitrogens with one attached hydrogen (secondary N) is 1. The molecule has 0 spiro atoms. The van der Waals surface area contributed by atoms with Gasteiger partial charge < -0.3 is 10.2 Å². The number of sulfone groups is 1. The van der Waals surface area contributed by atoms with Crippen molar-refractivity contribution in [1.82, 2.24) is 25.1 Å². The first kappa shape index (κ1) is 25.8. The molecule has 1 fully saturated rings. The minimum absolute atomic E-state index is 0.264. The minimum atomic E-state index is -3.05. The molecule has 4 heterocycles. The number of halogens is 1. The molecule has 11 heteroatoms. The number of aromatic nitrogens is 4. The molecule has 3 aromatic heterocycles. The van der Waals surface area contributed by atoms with E-state index in [-0.39, 0.29) is 23.0 Å². The van der Waals surface area contributed by atoms with Crippen LogP contribution < -0.4 is 10.2 Å². The van der Waals surface area contributed by atoms with Crippen LogP contribution in [0.25, 0.3) is 16.6 Å². The van der Waals surface area contributed by atoms with E-state index in [0.717, 1.165) is 11.4 Å². The van der Waals surface area contributed by atoms with E-state index in [1.165, 1.54) is 24.6 Å². The Hall–Kier alpha value is -3.86. The van der Waals surface area contributed by atoms with Gasteiger partial charge in [-0.3, -0.25) is 9.78 Å². The quantitative estimate of drug-likeness (QED) is 0.382. The Morgan fingerprint density at radius 2 is 1.87 bits per heavy atom. The van der Waals surface area contributed by atoms with Gasteiger partial charge in [-0.25, -0.2) is 22.5 Å². The third-order valence-corrected chi connectivity index (χ3v) is 8.75. The van der Waals surface area contributed by atoms with Crippen LogP contribution in [0.2, 0.25) is 0 Å². The van der Waals surface area contributed by atoms with Gasteiger partial charge in [0.2, 0.25) is 0 Å². The van der Waals surface area contributed by atoms with Crippen LogP contribution in [0.15, 0.2) is 61.2 Å². The monoisotopic (exact) mass is 536 g/mol. The summed E-state index contributed by atoms with van der Waals surface area (Å²) in [6, 6.07) is 9.52. The first-order valence-corrected chi connectivity index (χ1v) is 14.5. The van der Waals surface area contributed by atoms with Crippen molar-refractivity contribution in [1.29, 1.82) is 0 Å². The van der Waals surface area contributed by atoms with Crippen molar-refractivity contribution in [2.24, 2.45) is 0 Å². The summed E-state index contributed by atoms with van der Waals surface area (Å²) in [6.45, 7) is 3.22. The number of nitrogens with zero attached hydrogens (tertiary/aromatic N) is 5. The lowest BCUT2D eigenvalue weighted by Crippen LogP contribution is -2.39. The molecule has 1 N–H and O–H groups in total. The van der Waals surface area contributed by atoms with Crippen LogP contribution in [0, 0.1) is 5.82 Å². The summed E-state index contributed by atoms with van der Waals surface area (Å²) in [7, 11) is -3.05. The number of fused-ring (bicyclic) bond motifs is 1. The van der Waals surface area contributed by atoms with E-state index < -0.39 is 9.84 Å². The highest BCUT2D eigenvalue weighted by Gasteiger charge is 2.27. The van der Waals surface area contributed by atoms with Crippen molar-refractivity contribution in [3.05, 3.63) is 78.1 Å². The second kappa shape index (κ2) is 10.5. The number of anilines is 1. The number of benzene rings is 1. The van der Waals surface area contributed by atoms with Crippen molar-refractivity contribution >= 4 is 32.5 Å². The van der Waals surface area contributed by atoms with E-state index in [1.54, 1.807) is 35.4 Å². The third-order valence-electron chi connectivity index (χ3n) is 7.07. The molecular formula is C27H29FN6O3S. The molecule has 0 bridgehead atoms. The summed E-state index contributed by atoms with van der Waals surface area (Å²) < 4.78 is 38.8. The number of piperidine rings is 1. The lowest BCUT2D eigenvalue weighted by Gasteiger charge is -2.32. The van der Waals surface area contributed by atoms with E-state index in [4.69, 9.17) is 0 Å². The average Bonchev–Trinajstić information content (AvgIpc) is 3.36. The van der Waals surface area contributed by atoms with Gasteiger partial charge in [0.1, 0.15) is 21.5 Å². The highest BCUT2D eigenvalue weighted by atomic mass is 32.2. The maximum Gasteiger partial charge on any atom is 0.254 e. The summed E-state index contributed by atoms with van der Waals surface area (Å²) in [4.78, 5) is 24.2. The molecule has 1 aliphatic rings. The molecule has 0 radical (unpaired) electrons. The molecule has 0 unspecified atom stereocenters. The number of hydrogen-bond donors (Lipinski definition) is 1. The van der Waals surface area contributed by atoms with Gasteiger partial charge in [-0.15, -0.1) is 0 Å². The Morgan fingerprint density at radius 1 is 1.13 bits per heavy atom. The summed E-state index contributed by atoms with van der Waals surface area (Å²) >= 11 is 0. The van der Waals surface area contributed by atoms with E-state index in [2.05, 4.69) is 25.3 Å². The van der Waals surface area contributed by atoms with Gasteiger partial charge in [0.15, 0.2) is 0 Å². The van der Waals surface area contributed by atoms with E-state index in [1.807, 2.05) is 19.1 Å². The molecule has 1 aliphatic heterocycles. The van der Waals surface area contributed by atoms with Crippen LogP contribution in [0.3, 0.4) is 0 Å². The van der Waals surface area contributed by atoms with Crippen LogP contribution in [-0.2, 0) is 9.84 Å². The number of pyridine rings is 2. The van der Waals surface area contributed by atoms with Crippen LogP contribution in [0.4, 0.5) is 10.2 Å². The third kappa shape index (κ3) is 5.24. The van der Waals surface area contributed by atoms with E-state index in [9.17, 15) is 17.6 Å². The number of amides is 1. The molecule has 5 rings (SSSR count). The maximum atomic E-state index is 13.4. The normalized spacial score (nSPS) is 15.5. The van der Waals surface area contributed by atoms with Gasteiger partial charge >= 0.3 is 0 Å². The fraction of sp³-hybridized carbons (Fsp3) is 0.333. The average molecular weight is 537 g/mol. The second-order valence-electron chi connectivity index (χ2n) is 9.55. The zero-order chi connectivity index (χ0) is 26.9. The van der Waals surface area contributed by atoms with Crippen molar-refractivity contribution in [2.45, 2.75) is 37.5 Å². The van der Waals surface area contributed by atoms with Crippen LogP contribution in [-0.4, -0.2) is 58.7 Å². The molecule has 4 aromatic rings.